The second-order valence-electron chi connectivity index (χ2n) is 6.90. The highest BCUT2D eigenvalue weighted by molar-refractivity contribution is 6.00. The van der Waals surface area contributed by atoms with Crippen molar-refractivity contribution in [2.24, 2.45) is 10.9 Å². The second-order valence-corrected chi connectivity index (χ2v) is 6.90. The standard InChI is InChI=1S/C20H28N4O6.CH4/c1-3-29-17(25)12-30-16-8-10-24(11-9-16)20(27)13(2)22-19(26)15-6-4-14(5-7-15)18(21)23-28;/h4-7,13,16,28H,3,8-12H2,1-2H3,(H2,21,23)(H,22,26);1H4. The molecule has 1 fully saturated rings. The highest BCUT2D eigenvalue weighted by atomic mass is 16.6. The number of carbonyl (C=O) groups excluding carboxylic acids is 3. The van der Waals surface area contributed by atoms with Gasteiger partial charge in [-0.15, -0.1) is 0 Å². The van der Waals surface area contributed by atoms with Gasteiger partial charge in [0.25, 0.3) is 5.91 Å². The van der Waals surface area contributed by atoms with Crippen LogP contribution in [0.15, 0.2) is 29.4 Å². The summed E-state index contributed by atoms with van der Waals surface area (Å²) in [6.45, 7) is 4.57. The SMILES string of the molecule is C.CCOC(=O)COC1CCN(C(=O)C(C)NC(=O)c2ccc(C(N)=NO)cc2)CC1. The predicted molar refractivity (Wildman–Crippen MR) is 115 cm³/mol. The van der Waals surface area contributed by atoms with Gasteiger partial charge in [0.1, 0.15) is 12.6 Å². The Labute approximate surface area is 182 Å². The van der Waals surface area contributed by atoms with Gasteiger partial charge in [-0.1, -0.05) is 24.7 Å². The molecule has 0 aliphatic carbocycles. The van der Waals surface area contributed by atoms with E-state index < -0.39 is 17.9 Å². The number of hydrogen-bond donors (Lipinski definition) is 3. The molecule has 0 aromatic heterocycles. The summed E-state index contributed by atoms with van der Waals surface area (Å²) in [5.74, 6) is -1.03. The summed E-state index contributed by atoms with van der Waals surface area (Å²) in [5, 5.41) is 14.3. The number of oxime groups is 1. The first-order chi connectivity index (χ1) is 14.3. The fourth-order valence-corrected chi connectivity index (χ4v) is 3.10. The molecule has 0 radical (unpaired) electrons. The lowest BCUT2D eigenvalue weighted by atomic mass is 10.1. The van der Waals surface area contributed by atoms with Crippen LogP contribution in [0.2, 0.25) is 0 Å². The molecule has 2 amide bonds. The van der Waals surface area contributed by atoms with Gasteiger partial charge in [0.2, 0.25) is 5.91 Å². The van der Waals surface area contributed by atoms with Crippen molar-refractivity contribution in [1.29, 1.82) is 0 Å². The van der Waals surface area contributed by atoms with E-state index in [1.54, 1.807) is 30.9 Å². The average Bonchev–Trinajstić information content (AvgIpc) is 2.77. The first-order valence-electron chi connectivity index (χ1n) is 9.80. The molecular weight excluding hydrogens is 404 g/mol. The average molecular weight is 437 g/mol. The molecular formula is C21H32N4O6. The molecule has 0 saturated carbocycles. The summed E-state index contributed by atoms with van der Waals surface area (Å²) in [4.78, 5) is 38.1. The third kappa shape index (κ3) is 7.56. The van der Waals surface area contributed by atoms with Gasteiger partial charge < -0.3 is 30.6 Å². The topological polar surface area (TPSA) is 144 Å². The smallest absolute Gasteiger partial charge is 0.332 e. The van der Waals surface area contributed by atoms with E-state index in [2.05, 4.69) is 10.5 Å². The molecule has 1 aromatic rings. The molecule has 1 heterocycles. The molecule has 4 N–H and O–H groups in total. The Kier molecular flexibility index (Phi) is 10.5. The lowest BCUT2D eigenvalue weighted by Gasteiger charge is -2.33. The summed E-state index contributed by atoms with van der Waals surface area (Å²) in [6, 6.07) is 5.48. The quantitative estimate of drug-likeness (QED) is 0.182. The van der Waals surface area contributed by atoms with Crippen LogP contribution in [0.4, 0.5) is 0 Å². The number of esters is 1. The third-order valence-electron chi connectivity index (χ3n) is 4.76. The minimum atomic E-state index is -0.696. The van der Waals surface area contributed by atoms with Gasteiger partial charge in [-0.2, -0.15) is 0 Å². The minimum Gasteiger partial charge on any atom is -0.464 e. The number of hydrogen-bond acceptors (Lipinski definition) is 7. The number of likely N-dealkylation sites (tertiary alicyclic amines) is 1. The van der Waals surface area contributed by atoms with Crippen molar-refractivity contribution in [3.8, 4) is 0 Å². The molecule has 172 valence electrons. The fourth-order valence-electron chi connectivity index (χ4n) is 3.10. The Morgan fingerprint density at radius 3 is 2.35 bits per heavy atom. The number of amidine groups is 1. The highest BCUT2D eigenvalue weighted by Crippen LogP contribution is 2.15. The zero-order valence-electron chi connectivity index (χ0n) is 17.2. The van der Waals surface area contributed by atoms with Crippen molar-refractivity contribution < 1.29 is 29.1 Å². The maximum Gasteiger partial charge on any atom is 0.332 e. The molecule has 10 heteroatoms. The molecule has 1 aliphatic heterocycles. The minimum absolute atomic E-state index is 0. The maximum atomic E-state index is 12.6. The van der Waals surface area contributed by atoms with Crippen molar-refractivity contribution in [1.82, 2.24) is 10.2 Å². The number of piperidine rings is 1. The van der Waals surface area contributed by atoms with E-state index in [1.165, 1.54) is 12.1 Å². The molecule has 1 aliphatic rings. The van der Waals surface area contributed by atoms with Crippen molar-refractivity contribution in [2.75, 3.05) is 26.3 Å². The first-order valence-corrected chi connectivity index (χ1v) is 9.80. The van der Waals surface area contributed by atoms with E-state index in [4.69, 9.17) is 20.4 Å². The summed E-state index contributed by atoms with van der Waals surface area (Å²) in [5.41, 5.74) is 6.33. The number of rotatable bonds is 8. The van der Waals surface area contributed by atoms with Crippen molar-refractivity contribution >= 4 is 23.6 Å². The first kappa shape index (κ1) is 25.9. The molecule has 1 saturated heterocycles. The summed E-state index contributed by atoms with van der Waals surface area (Å²) in [7, 11) is 0. The Morgan fingerprint density at radius 2 is 1.81 bits per heavy atom. The zero-order valence-corrected chi connectivity index (χ0v) is 17.2. The van der Waals surface area contributed by atoms with Crippen molar-refractivity contribution in [3.63, 3.8) is 0 Å². The van der Waals surface area contributed by atoms with Crippen LogP contribution in [0.1, 0.15) is 50.0 Å². The van der Waals surface area contributed by atoms with E-state index in [0.29, 0.717) is 43.7 Å². The normalized spacial score (nSPS) is 15.5. The highest BCUT2D eigenvalue weighted by Gasteiger charge is 2.27. The molecule has 2 rings (SSSR count). The van der Waals surface area contributed by atoms with Crippen molar-refractivity contribution in [2.45, 2.75) is 46.3 Å². The Bertz CT molecular complexity index is 773. The van der Waals surface area contributed by atoms with Crippen LogP contribution in [0.3, 0.4) is 0 Å². The zero-order chi connectivity index (χ0) is 22.1. The van der Waals surface area contributed by atoms with Gasteiger partial charge in [-0.25, -0.2) is 4.79 Å². The van der Waals surface area contributed by atoms with Crippen LogP contribution in [-0.4, -0.2) is 72.2 Å². The van der Waals surface area contributed by atoms with Gasteiger partial charge >= 0.3 is 5.97 Å². The number of carbonyl (C=O) groups is 3. The second kappa shape index (κ2) is 12.5. The molecule has 1 atom stereocenters. The van der Waals surface area contributed by atoms with Gasteiger partial charge in [0.15, 0.2) is 5.84 Å². The van der Waals surface area contributed by atoms with E-state index in [0.717, 1.165) is 0 Å². The monoisotopic (exact) mass is 436 g/mol. The predicted octanol–water partition coefficient (Wildman–Crippen LogP) is 1.11. The number of nitrogens with zero attached hydrogens (tertiary/aromatic N) is 2. The molecule has 1 unspecified atom stereocenters. The Balaban J connectivity index is 0.00000480. The summed E-state index contributed by atoms with van der Waals surface area (Å²) < 4.78 is 10.4. The lowest BCUT2D eigenvalue weighted by Crippen LogP contribution is -2.50. The molecule has 10 nitrogen and oxygen atoms in total. The van der Waals surface area contributed by atoms with Crippen LogP contribution in [0.25, 0.3) is 0 Å². The molecule has 0 bridgehead atoms. The lowest BCUT2D eigenvalue weighted by molar-refractivity contribution is -0.152. The molecule has 31 heavy (non-hydrogen) atoms. The Hall–Kier alpha value is -3.14. The van der Waals surface area contributed by atoms with Gasteiger partial charge in [-0.05, 0) is 38.8 Å². The number of amides is 2. The molecule has 0 spiro atoms. The van der Waals surface area contributed by atoms with Crippen LogP contribution < -0.4 is 11.1 Å². The number of benzene rings is 1. The molecule has 1 aromatic carbocycles. The maximum absolute atomic E-state index is 12.6. The van der Waals surface area contributed by atoms with Gasteiger partial charge in [0, 0.05) is 24.2 Å². The van der Waals surface area contributed by atoms with Crippen LogP contribution in [0, 0.1) is 0 Å². The van der Waals surface area contributed by atoms with Gasteiger partial charge in [0.05, 0.1) is 12.7 Å². The number of nitrogens with two attached hydrogens (primary N) is 1. The Morgan fingerprint density at radius 1 is 1.23 bits per heavy atom. The summed E-state index contributed by atoms with van der Waals surface area (Å²) >= 11 is 0. The van der Waals surface area contributed by atoms with E-state index in [9.17, 15) is 14.4 Å². The fraction of sp³-hybridized carbons (Fsp3) is 0.524. The van der Waals surface area contributed by atoms with E-state index >= 15 is 0 Å². The largest absolute Gasteiger partial charge is 0.464 e. The van der Waals surface area contributed by atoms with E-state index in [-0.39, 0.29) is 31.9 Å². The van der Waals surface area contributed by atoms with Crippen LogP contribution >= 0.6 is 0 Å². The number of ether oxygens (including phenoxy) is 2. The van der Waals surface area contributed by atoms with Crippen LogP contribution in [0.5, 0.6) is 0 Å². The number of nitrogens with one attached hydrogen (secondary N) is 1. The van der Waals surface area contributed by atoms with Crippen LogP contribution in [-0.2, 0) is 19.1 Å². The van der Waals surface area contributed by atoms with E-state index in [1.807, 2.05) is 0 Å². The third-order valence-corrected chi connectivity index (χ3v) is 4.76. The van der Waals surface area contributed by atoms with Gasteiger partial charge in [-0.3, -0.25) is 9.59 Å². The van der Waals surface area contributed by atoms with Crippen molar-refractivity contribution in [3.05, 3.63) is 35.4 Å². The summed E-state index contributed by atoms with van der Waals surface area (Å²) in [6.07, 6.45) is 1.12.